The summed E-state index contributed by atoms with van der Waals surface area (Å²) < 4.78 is 24.9. The third-order valence-electron chi connectivity index (χ3n) is 7.96. The summed E-state index contributed by atoms with van der Waals surface area (Å²) in [5, 5.41) is 13.3. The van der Waals surface area contributed by atoms with E-state index in [0.29, 0.717) is 6.54 Å². The van der Waals surface area contributed by atoms with Crippen LogP contribution in [-0.4, -0.2) is 46.1 Å². The van der Waals surface area contributed by atoms with E-state index in [9.17, 15) is 4.39 Å². The second kappa shape index (κ2) is 7.84. The first-order valence-corrected chi connectivity index (χ1v) is 12.8. The van der Waals surface area contributed by atoms with Gasteiger partial charge in [0.05, 0.1) is 42.1 Å². The minimum Gasteiger partial charge on any atom is -0.470 e. The molecule has 2 bridgehead atoms. The molecule has 0 unspecified atom stereocenters. The summed E-state index contributed by atoms with van der Waals surface area (Å²) in [5.74, 6) is 0. The zero-order valence-corrected chi connectivity index (χ0v) is 20.6. The van der Waals surface area contributed by atoms with Crippen LogP contribution in [-0.2, 0) is 13.1 Å². The molecule has 6 aromatic rings. The average Bonchev–Trinajstić information content (AvgIpc) is 3.66. The Kier molecular flexibility index (Phi) is 4.49. The number of hydrogen-bond donors (Lipinski definition) is 1. The lowest BCUT2D eigenvalue weighted by atomic mass is 9.42. The first-order valence-electron chi connectivity index (χ1n) is 12.8. The molecule has 6 aromatic heterocycles. The van der Waals surface area contributed by atoms with Crippen LogP contribution in [0.3, 0.4) is 0 Å². The quantitative estimate of drug-likeness (QED) is 0.324. The Morgan fingerprint density at radius 1 is 1.05 bits per heavy atom. The minimum atomic E-state index is -0.837. The largest absolute Gasteiger partial charge is 0.470 e. The molecule has 10 heteroatoms. The number of imidazole rings is 1. The van der Waals surface area contributed by atoms with Crippen molar-refractivity contribution in [1.29, 1.82) is 0 Å². The van der Waals surface area contributed by atoms with Crippen LogP contribution in [0.1, 0.15) is 30.5 Å². The van der Waals surface area contributed by atoms with Crippen molar-refractivity contribution in [3.63, 3.8) is 0 Å². The van der Waals surface area contributed by atoms with Gasteiger partial charge in [0.25, 0.3) is 0 Å². The topological polar surface area (TPSA) is 91.0 Å². The normalized spacial score (nSPS) is 22.1. The first-order chi connectivity index (χ1) is 18.5. The second-order valence-electron chi connectivity index (χ2n) is 11.0. The lowest BCUT2D eigenvalue weighted by molar-refractivity contribution is -0.209. The molecule has 9 nitrogen and oxygen atoms in total. The van der Waals surface area contributed by atoms with Crippen LogP contribution in [0.5, 0.6) is 0 Å². The van der Waals surface area contributed by atoms with Gasteiger partial charge < -0.3 is 18.7 Å². The number of furan rings is 1. The number of fused-ring (bicyclic) bond motifs is 2. The van der Waals surface area contributed by atoms with E-state index in [0.717, 1.165) is 71.5 Å². The molecular weight excluding hydrogens is 483 g/mol. The van der Waals surface area contributed by atoms with Crippen molar-refractivity contribution in [2.75, 3.05) is 6.54 Å². The van der Waals surface area contributed by atoms with Crippen LogP contribution >= 0.6 is 0 Å². The SMILES string of the molecule is FC12CC(CNCc3ccc4nc(Cn5cc(-c6cncc(-n7ccc8cocc87)c6)nn5)cn4c3)(C1)C2. The van der Waals surface area contributed by atoms with E-state index >= 15 is 0 Å². The molecule has 0 spiro atoms. The Balaban J connectivity index is 0.961. The second-order valence-corrected chi connectivity index (χ2v) is 11.0. The number of pyridine rings is 2. The summed E-state index contributed by atoms with van der Waals surface area (Å²) in [6, 6.07) is 8.17. The van der Waals surface area contributed by atoms with E-state index in [-0.39, 0.29) is 5.41 Å². The molecule has 3 aliphatic rings. The van der Waals surface area contributed by atoms with Crippen LogP contribution in [0, 0.1) is 5.41 Å². The Bertz CT molecular complexity index is 1790. The first kappa shape index (κ1) is 21.7. The van der Waals surface area contributed by atoms with Crippen molar-refractivity contribution in [2.45, 2.75) is 38.0 Å². The van der Waals surface area contributed by atoms with Crippen LogP contribution in [0.15, 0.2) is 78.4 Å². The number of alkyl halides is 1. The third-order valence-corrected chi connectivity index (χ3v) is 7.96. The Labute approximate surface area is 216 Å². The molecule has 3 saturated carbocycles. The fraction of sp³-hybridized carbons (Fsp3) is 0.286. The van der Waals surface area contributed by atoms with Crippen LogP contribution in [0.2, 0.25) is 0 Å². The molecule has 1 N–H and O–H groups in total. The molecule has 190 valence electrons. The van der Waals surface area contributed by atoms with Crippen molar-refractivity contribution < 1.29 is 8.81 Å². The smallest absolute Gasteiger partial charge is 0.137 e. The van der Waals surface area contributed by atoms with Crippen molar-refractivity contribution in [1.82, 2.24) is 39.2 Å². The highest BCUT2D eigenvalue weighted by atomic mass is 19.1. The molecule has 9 rings (SSSR count). The van der Waals surface area contributed by atoms with E-state index in [1.165, 1.54) is 5.56 Å². The summed E-state index contributed by atoms with van der Waals surface area (Å²) in [6.07, 6.45) is 17.3. The Morgan fingerprint density at radius 3 is 2.87 bits per heavy atom. The van der Waals surface area contributed by atoms with Crippen LogP contribution in [0.4, 0.5) is 4.39 Å². The highest BCUT2D eigenvalue weighted by molar-refractivity contribution is 5.80. The molecule has 6 heterocycles. The number of hydrogen-bond acceptors (Lipinski definition) is 6. The maximum absolute atomic E-state index is 13.7. The molecule has 38 heavy (non-hydrogen) atoms. The van der Waals surface area contributed by atoms with E-state index in [1.807, 2.05) is 52.0 Å². The van der Waals surface area contributed by atoms with Crippen molar-refractivity contribution in [2.24, 2.45) is 5.41 Å². The lowest BCUT2D eigenvalue weighted by Crippen LogP contribution is -2.67. The number of nitrogens with one attached hydrogen (secondary N) is 1. The number of rotatable bonds is 8. The lowest BCUT2D eigenvalue weighted by Gasteiger charge is -2.66. The van der Waals surface area contributed by atoms with E-state index < -0.39 is 5.67 Å². The third kappa shape index (κ3) is 3.55. The van der Waals surface area contributed by atoms with E-state index in [1.54, 1.807) is 23.4 Å². The Morgan fingerprint density at radius 2 is 1.97 bits per heavy atom. The van der Waals surface area contributed by atoms with Gasteiger partial charge in [-0.05, 0) is 48.4 Å². The molecule has 0 aromatic carbocycles. The monoisotopic (exact) mass is 508 g/mol. The minimum absolute atomic E-state index is 0.212. The molecule has 3 fully saturated rings. The van der Waals surface area contributed by atoms with Crippen molar-refractivity contribution in [3.8, 4) is 16.9 Å². The standard InChI is InChI=1S/C28H25FN8O/c29-28-15-27(16-28,17-28)18-31-6-19-1-2-26-32-22(10-35(26)9-19)11-36-12-24(33-34-36)21-5-23(8-30-7-21)37-4-3-20-13-38-14-25(20)37/h1-5,7-10,12-14,31H,6,11,15-18H2. The maximum atomic E-state index is 13.7. The van der Waals surface area contributed by atoms with Gasteiger partial charge >= 0.3 is 0 Å². The zero-order chi connectivity index (χ0) is 25.3. The van der Waals surface area contributed by atoms with Gasteiger partial charge in [0.2, 0.25) is 0 Å². The molecule has 0 saturated heterocycles. The van der Waals surface area contributed by atoms with Gasteiger partial charge in [-0.25, -0.2) is 14.1 Å². The summed E-state index contributed by atoms with van der Waals surface area (Å²) in [4.78, 5) is 9.17. The van der Waals surface area contributed by atoms with Gasteiger partial charge in [0.15, 0.2) is 0 Å². The maximum Gasteiger partial charge on any atom is 0.137 e. The zero-order valence-electron chi connectivity index (χ0n) is 20.6. The molecule has 0 atom stereocenters. The van der Waals surface area contributed by atoms with Gasteiger partial charge in [-0.3, -0.25) is 4.98 Å². The van der Waals surface area contributed by atoms with Crippen LogP contribution < -0.4 is 5.32 Å². The highest BCUT2D eigenvalue weighted by Crippen LogP contribution is 2.69. The molecule has 0 aliphatic heterocycles. The molecule has 3 aliphatic carbocycles. The number of nitrogens with zero attached hydrogens (tertiary/aromatic N) is 7. The Hall–Kier alpha value is -4.31. The highest BCUT2D eigenvalue weighted by Gasteiger charge is 2.68. The number of halogens is 1. The van der Waals surface area contributed by atoms with Gasteiger partial charge in [-0.2, -0.15) is 0 Å². The van der Waals surface area contributed by atoms with E-state index in [2.05, 4.69) is 32.9 Å². The molecule has 0 radical (unpaired) electrons. The molecular formula is C28H25FN8O. The summed E-state index contributed by atoms with van der Waals surface area (Å²) in [6.45, 7) is 2.16. The van der Waals surface area contributed by atoms with Gasteiger partial charge in [0.1, 0.15) is 23.3 Å². The van der Waals surface area contributed by atoms with E-state index in [4.69, 9.17) is 9.40 Å². The van der Waals surface area contributed by atoms with Gasteiger partial charge in [-0.15, -0.1) is 5.10 Å². The summed E-state index contributed by atoms with van der Waals surface area (Å²) in [7, 11) is 0. The average molecular weight is 509 g/mol. The summed E-state index contributed by atoms with van der Waals surface area (Å²) in [5.41, 5.74) is 5.87. The van der Waals surface area contributed by atoms with Crippen molar-refractivity contribution in [3.05, 3.63) is 85.2 Å². The predicted molar refractivity (Wildman–Crippen MR) is 138 cm³/mol. The van der Waals surface area contributed by atoms with Gasteiger partial charge in [-0.1, -0.05) is 11.3 Å². The van der Waals surface area contributed by atoms with Gasteiger partial charge in [0, 0.05) is 48.8 Å². The van der Waals surface area contributed by atoms with Crippen molar-refractivity contribution >= 4 is 16.6 Å². The fourth-order valence-electron chi connectivity index (χ4n) is 6.25. The molecule has 0 amide bonds. The number of aromatic nitrogens is 7. The predicted octanol–water partition coefficient (Wildman–Crippen LogP) is 4.55. The fourth-order valence-corrected chi connectivity index (χ4v) is 6.25. The summed E-state index contributed by atoms with van der Waals surface area (Å²) >= 11 is 0. The van der Waals surface area contributed by atoms with Crippen LogP contribution in [0.25, 0.3) is 33.5 Å².